The van der Waals surface area contributed by atoms with Gasteiger partial charge in [0.15, 0.2) is 0 Å². The lowest BCUT2D eigenvalue weighted by atomic mass is 9.88. The molecule has 0 aliphatic carbocycles. The second-order valence-electron chi connectivity index (χ2n) is 6.42. The van der Waals surface area contributed by atoms with Gasteiger partial charge in [0.1, 0.15) is 11.4 Å². The molecule has 0 aliphatic heterocycles. The van der Waals surface area contributed by atoms with E-state index in [1.54, 1.807) is 40.7 Å². The molecule has 0 bridgehead atoms. The van der Waals surface area contributed by atoms with Gasteiger partial charge in [0.25, 0.3) is 0 Å². The minimum Gasteiger partial charge on any atom is -0.466 e. The molecule has 0 radical (unpaired) electrons. The topological polar surface area (TPSA) is 64.6 Å². The highest BCUT2D eigenvalue weighted by Gasteiger charge is 2.35. The number of amides is 1. The number of carbonyl (C=O) groups is 2. The molecule has 6 heteroatoms. The standard InChI is InChI=1S/C17H24FNO4/c1-6-22-14(20)11-17(5,12-9-7-8-10-13(12)18)19-15(21)23-16(2,3)4/h7-10H,6,11H2,1-5H3,(H,19,21)/t17-/m0/s1. The molecule has 0 heterocycles. The van der Waals surface area contributed by atoms with Gasteiger partial charge in [-0.1, -0.05) is 18.2 Å². The van der Waals surface area contributed by atoms with E-state index in [4.69, 9.17) is 9.47 Å². The molecule has 0 unspecified atom stereocenters. The smallest absolute Gasteiger partial charge is 0.408 e. The van der Waals surface area contributed by atoms with Crippen LogP contribution in [0.5, 0.6) is 0 Å². The molecule has 1 atom stereocenters. The van der Waals surface area contributed by atoms with E-state index < -0.39 is 29.0 Å². The second kappa shape index (κ2) is 7.44. The summed E-state index contributed by atoms with van der Waals surface area (Å²) in [7, 11) is 0. The summed E-state index contributed by atoms with van der Waals surface area (Å²) >= 11 is 0. The highest BCUT2D eigenvalue weighted by Crippen LogP contribution is 2.28. The Morgan fingerprint density at radius 2 is 1.78 bits per heavy atom. The highest BCUT2D eigenvalue weighted by atomic mass is 19.1. The van der Waals surface area contributed by atoms with Crippen LogP contribution in [0.25, 0.3) is 0 Å². The van der Waals surface area contributed by atoms with Crippen molar-refractivity contribution >= 4 is 12.1 Å². The molecule has 1 aromatic rings. The third kappa shape index (κ3) is 5.88. The number of benzene rings is 1. The van der Waals surface area contributed by atoms with Crippen LogP contribution in [0.2, 0.25) is 0 Å². The predicted octanol–water partition coefficient (Wildman–Crippen LogP) is 3.52. The van der Waals surface area contributed by atoms with Crippen molar-refractivity contribution in [2.24, 2.45) is 0 Å². The van der Waals surface area contributed by atoms with E-state index in [1.165, 1.54) is 18.2 Å². The van der Waals surface area contributed by atoms with E-state index >= 15 is 0 Å². The van der Waals surface area contributed by atoms with E-state index in [9.17, 15) is 14.0 Å². The predicted molar refractivity (Wildman–Crippen MR) is 84.4 cm³/mol. The van der Waals surface area contributed by atoms with Crippen molar-refractivity contribution in [3.8, 4) is 0 Å². The van der Waals surface area contributed by atoms with E-state index in [2.05, 4.69) is 5.32 Å². The molecule has 1 N–H and O–H groups in total. The molecule has 0 saturated heterocycles. The SMILES string of the molecule is CCOC(=O)C[C@](C)(NC(=O)OC(C)(C)C)c1ccccc1F. The molecule has 0 saturated carbocycles. The molecule has 1 amide bonds. The number of alkyl carbamates (subject to hydrolysis) is 1. The molecule has 1 aromatic carbocycles. The second-order valence-corrected chi connectivity index (χ2v) is 6.42. The van der Waals surface area contributed by atoms with Gasteiger partial charge >= 0.3 is 12.1 Å². The number of esters is 1. The third-order valence-electron chi connectivity index (χ3n) is 3.05. The van der Waals surface area contributed by atoms with Crippen molar-refractivity contribution in [1.82, 2.24) is 5.32 Å². The van der Waals surface area contributed by atoms with Crippen LogP contribution in [0.3, 0.4) is 0 Å². The lowest BCUT2D eigenvalue weighted by Gasteiger charge is -2.32. The Balaban J connectivity index is 3.09. The van der Waals surface area contributed by atoms with Crippen molar-refractivity contribution in [2.45, 2.75) is 52.2 Å². The highest BCUT2D eigenvalue weighted by molar-refractivity contribution is 5.74. The Bertz CT molecular complexity index is 568. The molecule has 23 heavy (non-hydrogen) atoms. The molecule has 128 valence electrons. The number of carbonyl (C=O) groups excluding carboxylic acids is 2. The molecular weight excluding hydrogens is 301 g/mol. The first-order valence-electron chi connectivity index (χ1n) is 7.49. The fraction of sp³-hybridized carbons (Fsp3) is 0.529. The average molecular weight is 325 g/mol. The summed E-state index contributed by atoms with van der Waals surface area (Å²) in [5, 5.41) is 2.59. The fourth-order valence-corrected chi connectivity index (χ4v) is 2.15. The van der Waals surface area contributed by atoms with Crippen molar-refractivity contribution in [3.63, 3.8) is 0 Å². The Hall–Kier alpha value is -2.11. The number of nitrogens with one attached hydrogen (secondary N) is 1. The van der Waals surface area contributed by atoms with Crippen molar-refractivity contribution in [2.75, 3.05) is 6.61 Å². The van der Waals surface area contributed by atoms with Crippen molar-refractivity contribution < 1.29 is 23.5 Å². The maximum Gasteiger partial charge on any atom is 0.408 e. The van der Waals surface area contributed by atoms with Crippen LogP contribution >= 0.6 is 0 Å². The summed E-state index contributed by atoms with van der Waals surface area (Å²) in [6.07, 6.45) is -0.936. The largest absolute Gasteiger partial charge is 0.466 e. The van der Waals surface area contributed by atoms with Gasteiger partial charge in [0.2, 0.25) is 0 Å². The summed E-state index contributed by atoms with van der Waals surface area (Å²) in [5.41, 5.74) is -1.79. The number of ether oxygens (including phenoxy) is 2. The maximum absolute atomic E-state index is 14.2. The minimum atomic E-state index is -1.28. The van der Waals surface area contributed by atoms with E-state index in [1.807, 2.05) is 0 Å². The number of rotatable bonds is 5. The van der Waals surface area contributed by atoms with Crippen LogP contribution < -0.4 is 5.32 Å². The Labute approximate surface area is 136 Å². The Morgan fingerprint density at radius 1 is 1.17 bits per heavy atom. The van der Waals surface area contributed by atoms with Gasteiger partial charge in [-0.3, -0.25) is 4.79 Å². The zero-order chi connectivity index (χ0) is 17.7. The van der Waals surface area contributed by atoms with Gasteiger partial charge in [0.05, 0.1) is 18.6 Å². The maximum atomic E-state index is 14.2. The molecular formula is C17H24FNO4. The van der Waals surface area contributed by atoms with E-state index in [0.717, 1.165) is 0 Å². The van der Waals surface area contributed by atoms with E-state index in [0.29, 0.717) is 0 Å². The van der Waals surface area contributed by atoms with Crippen LogP contribution in [0.4, 0.5) is 9.18 Å². The summed E-state index contributed by atoms with van der Waals surface area (Å²) in [6.45, 7) is 8.61. The summed E-state index contributed by atoms with van der Waals surface area (Å²) in [4.78, 5) is 24.0. The molecule has 0 aliphatic rings. The summed E-state index contributed by atoms with van der Waals surface area (Å²) < 4.78 is 24.3. The van der Waals surface area contributed by atoms with Gasteiger partial charge < -0.3 is 14.8 Å². The zero-order valence-corrected chi connectivity index (χ0v) is 14.2. The van der Waals surface area contributed by atoms with Crippen molar-refractivity contribution in [1.29, 1.82) is 0 Å². The van der Waals surface area contributed by atoms with Crippen LogP contribution in [-0.2, 0) is 19.8 Å². The summed E-state index contributed by atoms with van der Waals surface area (Å²) in [6, 6.07) is 5.97. The molecule has 0 fully saturated rings. The summed E-state index contributed by atoms with van der Waals surface area (Å²) in [5.74, 6) is -1.05. The normalized spacial score (nSPS) is 13.8. The van der Waals surface area contributed by atoms with Crippen molar-refractivity contribution in [3.05, 3.63) is 35.6 Å². The lowest BCUT2D eigenvalue weighted by Crippen LogP contribution is -2.47. The van der Waals surface area contributed by atoms with Crippen LogP contribution in [0, 0.1) is 5.82 Å². The Kier molecular flexibility index (Phi) is 6.12. The first-order chi connectivity index (χ1) is 10.6. The minimum absolute atomic E-state index is 0.193. The Morgan fingerprint density at radius 3 is 2.30 bits per heavy atom. The quantitative estimate of drug-likeness (QED) is 0.841. The monoisotopic (exact) mass is 325 g/mol. The fourth-order valence-electron chi connectivity index (χ4n) is 2.15. The van der Waals surface area contributed by atoms with Gasteiger partial charge in [-0.25, -0.2) is 9.18 Å². The van der Waals surface area contributed by atoms with E-state index in [-0.39, 0.29) is 18.6 Å². The zero-order valence-electron chi connectivity index (χ0n) is 14.2. The van der Waals surface area contributed by atoms with Crippen LogP contribution in [-0.4, -0.2) is 24.3 Å². The van der Waals surface area contributed by atoms with Gasteiger partial charge in [-0.05, 0) is 40.7 Å². The first-order valence-corrected chi connectivity index (χ1v) is 7.49. The molecule has 1 rings (SSSR count). The van der Waals surface area contributed by atoms with Gasteiger partial charge in [0, 0.05) is 5.56 Å². The number of hydrogen-bond acceptors (Lipinski definition) is 4. The van der Waals surface area contributed by atoms with Gasteiger partial charge in [-0.2, -0.15) is 0 Å². The molecule has 0 aromatic heterocycles. The first kappa shape index (κ1) is 18.9. The molecule has 0 spiro atoms. The number of hydrogen-bond donors (Lipinski definition) is 1. The lowest BCUT2D eigenvalue weighted by molar-refractivity contribution is -0.144. The van der Waals surface area contributed by atoms with Crippen LogP contribution in [0.15, 0.2) is 24.3 Å². The molecule has 5 nitrogen and oxygen atoms in total. The van der Waals surface area contributed by atoms with Gasteiger partial charge in [-0.15, -0.1) is 0 Å². The third-order valence-corrected chi connectivity index (χ3v) is 3.05. The average Bonchev–Trinajstić information content (AvgIpc) is 2.36. The van der Waals surface area contributed by atoms with Crippen LogP contribution in [0.1, 0.15) is 46.6 Å². The number of halogens is 1.